The number of amides is 1. The average molecular weight is 404 g/mol. The van der Waals surface area contributed by atoms with E-state index in [1.165, 1.54) is 31.2 Å². The van der Waals surface area contributed by atoms with Gasteiger partial charge in [-0.15, -0.1) is 0 Å². The van der Waals surface area contributed by atoms with Crippen LogP contribution >= 0.6 is 0 Å². The number of nitrogens with one attached hydrogen (secondary N) is 1. The number of sulfonamides is 1. The summed E-state index contributed by atoms with van der Waals surface area (Å²) in [5.41, 5.74) is 6.63. The molecule has 0 aliphatic carbocycles. The van der Waals surface area contributed by atoms with Crippen molar-refractivity contribution in [2.45, 2.75) is 44.1 Å². The second-order valence-electron chi connectivity index (χ2n) is 6.38. The Kier molecular flexibility index (Phi) is 7.17. The molecule has 0 unspecified atom stereocenters. The van der Waals surface area contributed by atoms with E-state index in [1.807, 2.05) is 12.1 Å². The lowest BCUT2D eigenvalue weighted by Crippen LogP contribution is -2.30. The highest BCUT2D eigenvalue weighted by Crippen LogP contribution is 2.19. The van der Waals surface area contributed by atoms with E-state index in [0.717, 1.165) is 24.8 Å². The lowest BCUT2D eigenvalue weighted by molar-refractivity contribution is -0.125. The normalized spacial score (nSPS) is 12.2. The Labute approximate surface area is 164 Å². The third-order valence-corrected chi connectivity index (χ3v) is 5.47. The lowest BCUT2D eigenvalue weighted by Gasteiger charge is -2.12. The predicted molar refractivity (Wildman–Crippen MR) is 106 cm³/mol. The van der Waals surface area contributed by atoms with Crippen molar-refractivity contribution in [3.63, 3.8) is 0 Å². The van der Waals surface area contributed by atoms with Crippen LogP contribution in [0.25, 0.3) is 0 Å². The van der Waals surface area contributed by atoms with Gasteiger partial charge >= 0.3 is 5.97 Å². The number of unbranched alkanes of at least 4 members (excludes halogenated alkanes) is 1. The Balaban J connectivity index is 2.15. The quantitative estimate of drug-likeness (QED) is 0.624. The molecule has 1 amide bonds. The van der Waals surface area contributed by atoms with Gasteiger partial charge in [-0.1, -0.05) is 31.5 Å². The van der Waals surface area contributed by atoms with Crippen molar-refractivity contribution in [3.8, 4) is 0 Å². The molecular formula is C20H24N2O5S. The summed E-state index contributed by atoms with van der Waals surface area (Å²) < 4.78 is 32.6. The number of carbonyl (C=O) groups is 2. The molecule has 8 heteroatoms. The average Bonchev–Trinajstić information content (AvgIpc) is 2.67. The summed E-state index contributed by atoms with van der Waals surface area (Å²) in [6, 6.07) is 12.6. The van der Waals surface area contributed by atoms with E-state index in [2.05, 4.69) is 11.6 Å². The molecule has 2 aromatic rings. The molecule has 1 atom stereocenters. The molecule has 150 valence electrons. The maximum atomic E-state index is 12.6. The molecule has 0 spiro atoms. The minimum absolute atomic E-state index is 0.00545. The van der Waals surface area contributed by atoms with Gasteiger partial charge in [0.1, 0.15) is 0 Å². The van der Waals surface area contributed by atoms with Gasteiger partial charge in [-0.2, -0.15) is 0 Å². The van der Waals surface area contributed by atoms with Crippen LogP contribution in [0.5, 0.6) is 0 Å². The molecule has 2 aromatic carbocycles. The van der Waals surface area contributed by atoms with Gasteiger partial charge in [-0.05, 0) is 55.7 Å². The van der Waals surface area contributed by atoms with Gasteiger partial charge in [-0.3, -0.25) is 9.52 Å². The van der Waals surface area contributed by atoms with E-state index in [9.17, 15) is 18.0 Å². The molecule has 3 N–H and O–H groups in total. The third-order valence-electron chi connectivity index (χ3n) is 4.09. The fraction of sp³-hybridized carbons (Fsp3) is 0.300. The molecular weight excluding hydrogens is 380 g/mol. The molecule has 0 bridgehead atoms. The zero-order chi connectivity index (χ0) is 20.7. The zero-order valence-corrected chi connectivity index (χ0v) is 16.7. The summed E-state index contributed by atoms with van der Waals surface area (Å²) >= 11 is 0. The highest BCUT2D eigenvalue weighted by Gasteiger charge is 2.20. The predicted octanol–water partition coefficient (Wildman–Crippen LogP) is 2.86. The summed E-state index contributed by atoms with van der Waals surface area (Å²) in [6.07, 6.45) is 1.99. The van der Waals surface area contributed by atoms with Crippen LogP contribution in [0.2, 0.25) is 0 Å². The maximum absolute atomic E-state index is 12.6. The van der Waals surface area contributed by atoms with Gasteiger partial charge in [0.05, 0.1) is 10.5 Å². The van der Waals surface area contributed by atoms with Gasteiger partial charge in [0.2, 0.25) is 0 Å². The second-order valence-corrected chi connectivity index (χ2v) is 8.07. The Bertz CT molecular complexity index is 939. The number of aryl methyl sites for hydroxylation is 1. The summed E-state index contributed by atoms with van der Waals surface area (Å²) in [5.74, 6) is -1.62. The molecule has 0 radical (unpaired) electrons. The molecule has 0 aliphatic rings. The summed E-state index contributed by atoms with van der Waals surface area (Å²) in [5, 5.41) is 0. The van der Waals surface area contributed by atoms with Crippen LogP contribution < -0.4 is 10.5 Å². The van der Waals surface area contributed by atoms with E-state index in [0.29, 0.717) is 5.69 Å². The number of ether oxygens (including phenoxy) is 1. The summed E-state index contributed by atoms with van der Waals surface area (Å²) in [6.45, 7) is 3.45. The van der Waals surface area contributed by atoms with Crippen molar-refractivity contribution in [3.05, 3.63) is 59.7 Å². The first-order chi connectivity index (χ1) is 13.2. The van der Waals surface area contributed by atoms with Gasteiger partial charge in [0.15, 0.2) is 6.10 Å². The van der Waals surface area contributed by atoms with Crippen molar-refractivity contribution < 1.29 is 22.7 Å². The SMILES string of the molecule is CCCCc1ccc(NS(=O)(=O)c2cccc(C(=O)O[C@H](C)C(N)=O)c2)cc1. The van der Waals surface area contributed by atoms with Crippen LogP contribution in [0.1, 0.15) is 42.6 Å². The number of nitrogens with two attached hydrogens (primary N) is 1. The minimum atomic E-state index is -3.89. The molecule has 0 saturated carbocycles. The first-order valence-electron chi connectivity index (χ1n) is 8.95. The van der Waals surface area contributed by atoms with Gasteiger partial charge in [-0.25, -0.2) is 13.2 Å². The van der Waals surface area contributed by atoms with E-state index in [1.54, 1.807) is 12.1 Å². The lowest BCUT2D eigenvalue weighted by atomic mass is 10.1. The largest absolute Gasteiger partial charge is 0.449 e. The number of benzene rings is 2. The molecule has 0 fully saturated rings. The first-order valence-corrected chi connectivity index (χ1v) is 10.4. The van der Waals surface area contributed by atoms with E-state index < -0.39 is 28.0 Å². The van der Waals surface area contributed by atoms with E-state index in [4.69, 9.17) is 10.5 Å². The Morgan fingerprint density at radius 3 is 2.43 bits per heavy atom. The minimum Gasteiger partial charge on any atom is -0.449 e. The van der Waals surface area contributed by atoms with Crippen LogP contribution in [0, 0.1) is 0 Å². The zero-order valence-electron chi connectivity index (χ0n) is 15.8. The molecule has 0 saturated heterocycles. The van der Waals surface area contributed by atoms with Crippen molar-refractivity contribution >= 4 is 27.6 Å². The first kappa shape index (κ1) is 21.4. The Morgan fingerprint density at radius 1 is 1.14 bits per heavy atom. The molecule has 0 heterocycles. The smallest absolute Gasteiger partial charge is 0.338 e. The number of esters is 1. The van der Waals surface area contributed by atoms with Gasteiger partial charge < -0.3 is 10.5 Å². The van der Waals surface area contributed by atoms with E-state index in [-0.39, 0.29) is 10.5 Å². The van der Waals surface area contributed by atoms with Crippen LogP contribution in [0.3, 0.4) is 0 Å². The highest BCUT2D eigenvalue weighted by atomic mass is 32.2. The van der Waals surface area contributed by atoms with Crippen molar-refractivity contribution in [1.29, 1.82) is 0 Å². The standard InChI is InChI=1S/C20H24N2O5S/c1-3-4-6-15-9-11-17(12-10-15)22-28(25,26)18-8-5-7-16(13-18)20(24)27-14(2)19(21)23/h5,7-14,22H,3-4,6H2,1-2H3,(H2,21,23)/t14-/m1/s1. The van der Waals surface area contributed by atoms with Crippen LogP contribution in [-0.4, -0.2) is 26.4 Å². The molecule has 0 aliphatic heterocycles. The van der Waals surface area contributed by atoms with Gasteiger partial charge in [0, 0.05) is 5.69 Å². The van der Waals surface area contributed by atoms with Crippen molar-refractivity contribution in [1.82, 2.24) is 0 Å². The third kappa shape index (κ3) is 5.82. The van der Waals surface area contributed by atoms with Crippen LogP contribution in [0.15, 0.2) is 53.4 Å². The topological polar surface area (TPSA) is 116 Å². The second kappa shape index (κ2) is 9.36. The molecule has 7 nitrogen and oxygen atoms in total. The number of hydrogen-bond acceptors (Lipinski definition) is 5. The van der Waals surface area contributed by atoms with Crippen LogP contribution in [0.4, 0.5) is 5.69 Å². The molecule has 28 heavy (non-hydrogen) atoms. The number of carbonyl (C=O) groups excluding carboxylic acids is 2. The monoisotopic (exact) mass is 404 g/mol. The number of anilines is 1. The van der Waals surface area contributed by atoms with Crippen molar-refractivity contribution in [2.75, 3.05) is 4.72 Å². The number of hydrogen-bond donors (Lipinski definition) is 2. The fourth-order valence-electron chi connectivity index (χ4n) is 2.41. The molecule has 0 aromatic heterocycles. The van der Waals surface area contributed by atoms with Crippen LogP contribution in [-0.2, 0) is 26.0 Å². The number of primary amides is 1. The highest BCUT2D eigenvalue weighted by molar-refractivity contribution is 7.92. The fourth-order valence-corrected chi connectivity index (χ4v) is 3.52. The Morgan fingerprint density at radius 2 is 1.82 bits per heavy atom. The van der Waals surface area contributed by atoms with Crippen molar-refractivity contribution in [2.24, 2.45) is 5.73 Å². The molecule has 2 rings (SSSR count). The summed E-state index contributed by atoms with van der Waals surface area (Å²) in [4.78, 5) is 23.0. The number of rotatable bonds is 9. The van der Waals surface area contributed by atoms with Gasteiger partial charge in [0.25, 0.3) is 15.9 Å². The maximum Gasteiger partial charge on any atom is 0.338 e. The Hall–Kier alpha value is -2.87. The van der Waals surface area contributed by atoms with E-state index >= 15 is 0 Å². The summed E-state index contributed by atoms with van der Waals surface area (Å²) in [7, 11) is -3.89.